The number of benzene rings is 9. The Hall–Kier alpha value is -7.36. The lowest BCUT2D eigenvalue weighted by atomic mass is 10.1. The van der Waals surface area contributed by atoms with Gasteiger partial charge in [-0.15, -0.1) is 0 Å². The molecule has 0 amide bonds. The van der Waals surface area contributed by atoms with Crippen molar-refractivity contribution in [3.8, 4) is 22.6 Å². The number of para-hydroxylation sites is 2. The second-order valence-corrected chi connectivity index (χ2v) is 14.2. The third-order valence-corrected chi connectivity index (χ3v) is 11.0. The number of hydrogen-bond acceptors (Lipinski definition) is 1. The molecule has 0 aliphatic carbocycles. The minimum absolute atomic E-state index is 1.10. The quantitative estimate of drug-likeness (QED) is 0.168. The molecular weight excluding hydrogens is 667 g/mol. The van der Waals surface area contributed by atoms with Gasteiger partial charge in [0, 0.05) is 44.6 Å². The molecule has 0 radical (unpaired) electrons. The highest BCUT2D eigenvalue weighted by Gasteiger charge is 2.21. The van der Waals surface area contributed by atoms with Crippen LogP contribution in [-0.4, -0.2) is 9.13 Å². The van der Waals surface area contributed by atoms with Gasteiger partial charge in [-0.1, -0.05) is 140 Å². The largest absolute Gasteiger partial charge is 0.310 e. The van der Waals surface area contributed by atoms with E-state index in [1.807, 2.05) is 0 Å². The maximum absolute atomic E-state index is 2.46. The summed E-state index contributed by atoms with van der Waals surface area (Å²) in [6.07, 6.45) is 0. The van der Waals surface area contributed by atoms with Crippen LogP contribution < -0.4 is 4.90 Å². The Morgan fingerprint density at radius 3 is 1.51 bits per heavy atom. The van der Waals surface area contributed by atoms with Gasteiger partial charge < -0.3 is 14.0 Å². The average Bonchev–Trinajstić information content (AvgIpc) is 3.81. The molecule has 0 saturated heterocycles. The van der Waals surface area contributed by atoms with Gasteiger partial charge >= 0.3 is 0 Å². The first-order valence-corrected chi connectivity index (χ1v) is 18.9. The molecule has 2 heterocycles. The lowest BCUT2D eigenvalue weighted by molar-refractivity contribution is 1.12. The molecule has 0 aliphatic heterocycles. The van der Waals surface area contributed by atoms with Crippen LogP contribution in [0.1, 0.15) is 0 Å². The molecule has 2 aromatic heterocycles. The van der Waals surface area contributed by atoms with Gasteiger partial charge in [-0.05, 0) is 99.9 Å². The maximum Gasteiger partial charge on any atom is 0.0788 e. The Morgan fingerprint density at radius 1 is 0.309 bits per heavy atom. The fraction of sp³-hybridized carbons (Fsp3) is 0. The van der Waals surface area contributed by atoms with E-state index in [1.165, 1.54) is 65.5 Å². The van der Waals surface area contributed by atoms with Gasteiger partial charge in [0.2, 0.25) is 0 Å². The van der Waals surface area contributed by atoms with Crippen LogP contribution in [0.3, 0.4) is 0 Å². The Bertz CT molecular complexity index is 3110. The zero-order valence-corrected chi connectivity index (χ0v) is 30.0. The molecule has 9 aromatic carbocycles. The highest BCUT2D eigenvalue weighted by Crippen LogP contribution is 2.42. The standard InChI is InChI=1S/C52H35N3/c1-3-15-38(16-4-1)50-35-41-25-32-48-47-21-11-12-22-49(47)54(52(48)51(41)55(50)42-19-5-2-6-20-42)44-30-28-43(29-31-44)53(45-26-23-36-13-7-9-17-39(36)33-45)46-27-24-37-14-8-10-18-40(37)34-46/h1-35H. The second-order valence-electron chi connectivity index (χ2n) is 14.2. The van der Waals surface area contributed by atoms with Crippen LogP contribution in [0.25, 0.3) is 76.9 Å². The number of aromatic nitrogens is 2. The van der Waals surface area contributed by atoms with Gasteiger partial charge in [-0.25, -0.2) is 0 Å². The lowest BCUT2D eigenvalue weighted by Crippen LogP contribution is -2.10. The van der Waals surface area contributed by atoms with Crippen LogP contribution in [0.15, 0.2) is 212 Å². The predicted molar refractivity (Wildman–Crippen MR) is 233 cm³/mol. The van der Waals surface area contributed by atoms with Crippen LogP contribution in [0.5, 0.6) is 0 Å². The van der Waals surface area contributed by atoms with E-state index in [0.29, 0.717) is 0 Å². The van der Waals surface area contributed by atoms with Gasteiger partial charge in [-0.2, -0.15) is 0 Å². The summed E-state index contributed by atoms with van der Waals surface area (Å²) in [7, 11) is 0. The Morgan fingerprint density at radius 2 is 0.836 bits per heavy atom. The number of rotatable bonds is 6. The summed E-state index contributed by atoms with van der Waals surface area (Å²) in [6.45, 7) is 0. The molecule has 0 aliphatic rings. The first-order valence-electron chi connectivity index (χ1n) is 18.9. The monoisotopic (exact) mass is 701 g/mol. The summed E-state index contributed by atoms with van der Waals surface area (Å²) in [6, 6.07) is 77.0. The van der Waals surface area contributed by atoms with Crippen molar-refractivity contribution < 1.29 is 0 Å². The smallest absolute Gasteiger partial charge is 0.0788 e. The molecule has 11 rings (SSSR count). The van der Waals surface area contributed by atoms with Crippen molar-refractivity contribution in [1.29, 1.82) is 0 Å². The van der Waals surface area contributed by atoms with Crippen LogP contribution in [0.4, 0.5) is 17.1 Å². The van der Waals surface area contributed by atoms with Gasteiger partial charge in [0.25, 0.3) is 0 Å². The fourth-order valence-electron chi connectivity index (χ4n) is 8.50. The zero-order valence-electron chi connectivity index (χ0n) is 30.0. The van der Waals surface area contributed by atoms with E-state index in [9.17, 15) is 0 Å². The summed E-state index contributed by atoms with van der Waals surface area (Å²) >= 11 is 0. The third-order valence-electron chi connectivity index (χ3n) is 11.0. The molecule has 0 fully saturated rings. The maximum atomic E-state index is 2.46. The normalized spacial score (nSPS) is 11.6. The van der Waals surface area contributed by atoms with Gasteiger partial charge in [0.1, 0.15) is 0 Å². The summed E-state index contributed by atoms with van der Waals surface area (Å²) in [5.41, 5.74) is 11.5. The minimum atomic E-state index is 1.10. The molecular formula is C52H35N3. The molecule has 0 unspecified atom stereocenters. The van der Waals surface area contributed by atoms with Gasteiger partial charge in [-0.3, -0.25) is 0 Å². The highest BCUT2D eigenvalue weighted by molar-refractivity contribution is 6.19. The molecule has 0 saturated carbocycles. The molecule has 258 valence electrons. The Kier molecular flexibility index (Phi) is 7.17. The zero-order chi connectivity index (χ0) is 36.3. The Labute approximate surface area is 319 Å². The topological polar surface area (TPSA) is 13.1 Å². The molecule has 0 spiro atoms. The van der Waals surface area contributed by atoms with Gasteiger partial charge in [0.15, 0.2) is 0 Å². The molecule has 3 heteroatoms. The van der Waals surface area contributed by atoms with Crippen LogP contribution in [0.2, 0.25) is 0 Å². The first-order chi connectivity index (χ1) is 27.3. The van der Waals surface area contributed by atoms with Crippen LogP contribution >= 0.6 is 0 Å². The summed E-state index contributed by atoms with van der Waals surface area (Å²) in [4.78, 5) is 2.37. The number of anilines is 3. The van der Waals surface area contributed by atoms with Crippen molar-refractivity contribution in [3.63, 3.8) is 0 Å². The van der Waals surface area contributed by atoms with Crippen molar-refractivity contribution in [2.45, 2.75) is 0 Å². The van der Waals surface area contributed by atoms with Crippen LogP contribution in [-0.2, 0) is 0 Å². The van der Waals surface area contributed by atoms with Crippen LogP contribution in [0, 0.1) is 0 Å². The molecule has 11 aromatic rings. The lowest BCUT2D eigenvalue weighted by Gasteiger charge is -2.26. The fourth-order valence-corrected chi connectivity index (χ4v) is 8.50. The van der Waals surface area contributed by atoms with Crippen molar-refractivity contribution in [2.24, 2.45) is 0 Å². The van der Waals surface area contributed by atoms with Gasteiger partial charge in [0.05, 0.1) is 22.2 Å². The molecule has 55 heavy (non-hydrogen) atoms. The van der Waals surface area contributed by atoms with Crippen molar-refractivity contribution in [3.05, 3.63) is 212 Å². The summed E-state index contributed by atoms with van der Waals surface area (Å²) in [5.74, 6) is 0. The van der Waals surface area contributed by atoms with Crippen molar-refractivity contribution in [1.82, 2.24) is 9.13 Å². The van der Waals surface area contributed by atoms with E-state index in [1.54, 1.807) is 0 Å². The van der Waals surface area contributed by atoms with E-state index in [4.69, 9.17) is 0 Å². The van der Waals surface area contributed by atoms with E-state index in [-0.39, 0.29) is 0 Å². The number of fused-ring (bicyclic) bond motifs is 7. The highest BCUT2D eigenvalue weighted by atomic mass is 15.1. The average molecular weight is 702 g/mol. The molecule has 0 atom stereocenters. The Balaban J connectivity index is 1.14. The van der Waals surface area contributed by atoms with Crippen molar-refractivity contribution >= 4 is 71.3 Å². The minimum Gasteiger partial charge on any atom is -0.310 e. The second kappa shape index (κ2) is 12.6. The van der Waals surface area contributed by atoms with E-state index in [2.05, 4.69) is 226 Å². The number of nitrogens with zero attached hydrogens (tertiary/aromatic N) is 3. The first kappa shape index (κ1) is 31.2. The summed E-state index contributed by atoms with van der Waals surface area (Å²) < 4.78 is 4.90. The number of hydrogen-bond donors (Lipinski definition) is 0. The summed E-state index contributed by atoms with van der Waals surface area (Å²) in [5, 5.41) is 8.56. The molecule has 3 nitrogen and oxygen atoms in total. The predicted octanol–water partition coefficient (Wildman–Crippen LogP) is 14.2. The third kappa shape index (κ3) is 5.13. The van der Waals surface area contributed by atoms with E-state index >= 15 is 0 Å². The van der Waals surface area contributed by atoms with Crippen molar-refractivity contribution in [2.75, 3.05) is 4.90 Å². The molecule has 0 bridgehead atoms. The van der Waals surface area contributed by atoms with E-state index < -0.39 is 0 Å². The SMILES string of the molecule is c1ccc(-c2cc3ccc4c5ccccc5n(-c5ccc(N(c6ccc7ccccc7c6)c6ccc7ccccc7c6)cc5)c4c3n2-c2ccccc2)cc1. The molecule has 0 N–H and O–H groups in total. The van der Waals surface area contributed by atoms with E-state index in [0.717, 1.165) is 28.4 Å².